The maximum atomic E-state index is 12.4. The number of ketones is 1. The molecular weight excluding hydrogens is 412 g/mol. The highest BCUT2D eigenvalue weighted by molar-refractivity contribution is 5.99. The molecule has 2 rings (SSSR count). The van der Waals surface area contributed by atoms with Crippen LogP contribution in [0.15, 0.2) is 35.6 Å². The van der Waals surface area contributed by atoms with Gasteiger partial charge in [0.15, 0.2) is 5.78 Å². The molecule has 0 amide bonds. The molecule has 0 bridgehead atoms. The van der Waals surface area contributed by atoms with Crippen molar-refractivity contribution in [1.82, 2.24) is 0 Å². The lowest BCUT2D eigenvalue weighted by Crippen LogP contribution is -2.22. The molecule has 176 valence electrons. The molecule has 1 atom stereocenters. The zero-order chi connectivity index (χ0) is 23.9. The number of aliphatic carboxylic acids is 1. The first-order valence-electron chi connectivity index (χ1n) is 10.8. The van der Waals surface area contributed by atoms with E-state index in [4.69, 9.17) is 19.3 Å². The number of allylic oxidation sites excluding steroid dienone is 2. The van der Waals surface area contributed by atoms with Crippen LogP contribution in [0.5, 0.6) is 11.5 Å². The van der Waals surface area contributed by atoms with Gasteiger partial charge in [-0.05, 0) is 49.5 Å². The summed E-state index contributed by atoms with van der Waals surface area (Å²) in [5.41, 5.74) is 1.02. The number of Topliss-reactive ketones (excluding diaryl/α,β-unsaturated/α-hetero) is 1. The van der Waals surface area contributed by atoms with Crippen LogP contribution in [0.25, 0.3) is 0 Å². The summed E-state index contributed by atoms with van der Waals surface area (Å²) in [5, 5.41) is 19.5. The van der Waals surface area contributed by atoms with Crippen LogP contribution >= 0.6 is 0 Å². The Kier molecular flexibility index (Phi) is 8.89. The van der Waals surface area contributed by atoms with Gasteiger partial charge in [-0.2, -0.15) is 0 Å². The largest absolute Gasteiger partial charge is 0.507 e. The summed E-state index contributed by atoms with van der Waals surface area (Å²) in [6.45, 7) is 8.59. The standard InChI is InChI=1S/C25H34O7/c1-16-20(11-9-18(23(16)27)19(26)15-25(2,3)4)31-12-6-7-13-32-21-10-8-17(24(28)29)14-22(21)30-5/h8-11,22,27H,6-7,12-15H2,1-5H3,(H,28,29). The minimum absolute atomic E-state index is 0.0243. The first kappa shape index (κ1) is 25.5. The molecule has 1 aliphatic carbocycles. The first-order valence-corrected chi connectivity index (χ1v) is 10.8. The van der Waals surface area contributed by atoms with Crippen LogP contribution in [0.2, 0.25) is 0 Å². The molecule has 0 saturated carbocycles. The fraction of sp³-hybridized carbons (Fsp3) is 0.520. The van der Waals surface area contributed by atoms with Crippen molar-refractivity contribution < 1.29 is 34.0 Å². The molecular formula is C25H34O7. The maximum absolute atomic E-state index is 12.4. The summed E-state index contributed by atoms with van der Waals surface area (Å²) < 4.78 is 16.9. The SMILES string of the molecule is COC1CC(C(=O)O)=CC=C1OCCCCOc1ccc(C(=O)CC(C)(C)C)c(O)c1C. The molecule has 1 aromatic rings. The van der Waals surface area contributed by atoms with Crippen molar-refractivity contribution in [2.45, 2.75) is 59.5 Å². The van der Waals surface area contributed by atoms with Crippen molar-refractivity contribution in [1.29, 1.82) is 0 Å². The number of aromatic hydroxyl groups is 1. The molecule has 1 unspecified atom stereocenters. The van der Waals surface area contributed by atoms with E-state index < -0.39 is 12.1 Å². The molecule has 1 aromatic carbocycles. The van der Waals surface area contributed by atoms with Gasteiger partial charge in [0, 0.05) is 31.1 Å². The van der Waals surface area contributed by atoms with E-state index >= 15 is 0 Å². The molecule has 0 spiro atoms. The maximum Gasteiger partial charge on any atom is 0.331 e. The average molecular weight is 447 g/mol. The number of benzene rings is 1. The van der Waals surface area contributed by atoms with Gasteiger partial charge in [-0.15, -0.1) is 0 Å². The molecule has 7 heteroatoms. The van der Waals surface area contributed by atoms with Crippen molar-refractivity contribution in [2.24, 2.45) is 5.41 Å². The monoisotopic (exact) mass is 446 g/mol. The third-order valence-corrected chi connectivity index (χ3v) is 5.17. The number of carboxylic acids is 1. The predicted octanol–water partition coefficient (Wildman–Crippen LogP) is 4.81. The number of ether oxygens (including phenoxy) is 3. The van der Waals surface area contributed by atoms with Crippen LogP contribution in [0, 0.1) is 12.3 Å². The number of phenolic OH excluding ortho intramolecular Hbond substituents is 1. The summed E-state index contributed by atoms with van der Waals surface area (Å²) in [6.07, 6.45) is 4.88. The number of unbranched alkanes of at least 4 members (excludes halogenated alkanes) is 1. The quantitative estimate of drug-likeness (QED) is 0.371. The van der Waals surface area contributed by atoms with Gasteiger partial charge >= 0.3 is 5.97 Å². The van der Waals surface area contributed by atoms with E-state index in [1.54, 1.807) is 31.2 Å². The molecule has 0 radical (unpaired) electrons. The molecule has 0 aliphatic heterocycles. The van der Waals surface area contributed by atoms with E-state index in [2.05, 4.69) is 0 Å². The second-order valence-corrected chi connectivity index (χ2v) is 9.14. The van der Waals surface area contributed by atoms with Gasteiger partial charge < -0.3 is 24.4 Å². The van der Waals surface area contributed by atoms with E-state index in [-0.39, 0.29) is 23.4 Å². The van der Waals surface area contributed by atoms with Crippen molar-refractivity contribution in [2.75, 3.05) is 20.3 Å². The van der Waals surface area contributed by atoms with Gasteiger partial charge in [-0.1, -0.05) is 20.8 Å². The molecule has 0 aromatic heterocycles. The third kappa shape index (κ3) is 7.12. The molecule has 0 saturated heterocycles. The van der Waals surface area contributed by atoms with Crippen molar-refractivity contribution in [3.63, 3.8) is 0 Å². The van der Waals surface area contributed by atoms with Gasteiger partial charge in [0.25, 0.3) is 0 Å². The topological polar surface area (TPSA) is 102 Å². The van der Waals surface area contributed by atoms with Gasteiger partial charge in [-0.25, -0.2) is 4.79 Å². The second-order valence-electron chi connectivity index (χ2n) is 9.14. The third-order valence-electron chi connectivity index (χ3n) is 5.17. The summed E-state index contributed by atoms with van der Waals surface area (Å²) in [6, 6.07) is 3.35. The van der Waals surface area contributed by atoms with Gasteiger partial charge in [0.1, 0.15) is 23.4 Å². The Labute approximate surface area is 189 Å². The Bertz CT molecular complexity index is 890. The fourth-order valence-electron chi connectivity index (χ4n) is 3.37. The highest BCUT2D eigenvalue weighted by atomic mass is 16.5. The normalized spacial score (nSPS) is 16.2. The van der Waals surface area contributed by atoms with E-state index in [9.17, 15) is 14.7 Å². The van der Waals surface area contributed by atoms with Crippen LogP contribution in [0.1, 0.15) is 62.4 Å². The Morgan fingerprint density at radius 3 is 2.34 bits per heavy atom. The van der Waals surface area contributed by atoms with E-state index in [1.807, 2.05) is 20.8 Å². The van der Waals surface area contributed by atoms with E-state index in [1.165, 1.54) is 7.11 Å². The van der Waals surface area contributed by atoms with Gasteiger partial charge in [0.05, 0.1) is 18.8 Å². The number of hydrogen-bond donors (Lipinski definition) is 2. The predicted molar refractivity (Wildman–Crippen MR) is 121 cm³/mol. The highest BCUT2D eigenvalue weighted by Crippen LogP contribution is 2.33. The van der Waals surface area contributed by atoms with Crippen LogP contribution in [0.4, 0.5) is 0 Å². The van der Waals surface area contributed by atoms with E-state index in [0.29, 0.717) is 47.8 Å². The Hall–Kier alpha value is -2.80. The molecule has 1 aliphatic rings. The minimum atomic E-state index is -0.951. The first-order chi connectivity index (χ1) is 15.0. The van der Waals surface area contributed by atoms with Crippen LogP contribution < -0.4 is 4.74 Å². The van der Waals surface area contributed by atoms with Crippen LogP contribution in [-0.2, 0) is 14.3 Å². The molecule has 7 nitrogen and oxygen atoms in total. The number of hydrogen-bond acceptors (Lipinski definition) is 6. The lowest BCUT2D eigenvalue weighted by Gasteiger charge is -2.22. The van der Waals surface area contributed by atoms with Crippen LogP contribution in [0.3, 0.4) is 0 Å². The smallest absolute Gasteiger partial charge is 0.331 e. The Morgan fingerprint density at radius 1 is 1.09 bits per heavy atom. The van der Waals surface area contributed by atoms with E-state index in [0.717, 1.165) is 12.8 Å². The number of carbonyl (C=O) groups excluding carboxylic acids is 1. The minimum Gasteiger partial charge on any atom is -0.507 e. The molecule has 0 fully saturated rings. The molecule has 32 heavy (non-hydrogen) atoms. The summed E-state index contributed by atoms with van der Waals surface area (Å²) >= 11 is 0. The zero-order valence-electron chi connectivity index (χ0n) is 19.6. The van der Waals surface area contributed by atoms with Gasteiger partial charge in [0.2, 0.25) is 0 Å². The lowest BCUT2D eigenvalue weighted by molar-refractivity contribution is -0.133. The summed E-state index contributed by atoms with van der Waals surface area (Å²) in [4.78, 5) is 23.5. The molecule has 0 heterocycles. The van der Waals surface area contributed by atoms with Crippen molar-refractivity contribution in [3.05, 3.63) is 46.7 Å². The number of phenols is 1. The highest BCUT2D eigenvalue weighted by Gasteiger charge is 2.24. The number of rotatable bonds is 11. The number of carbonyl (C=O) groups is 2. The Morgan fingerprint density at radius 2 is 1.75 bits per heavy atom. The molecule has 2 N–H and O–H groups in total. The zero-order valence-corrected chi connectivity index (χ0v) is 19.6. The Balaban J connectivity index is 1.81. The number of carboxylic acid groups (broad SMARTS) is 1. The van der Waals surface area contributed by atoms with Gasteiger partial charge in [-0.3, -0.25) is 4.79 Å². The van der Waals surface area contributed by atoms with Crippen molar-refractivity contribution in [3.8, 4) is 11.5 Å². The summed E-state index contributed by atoms with van der Waals surface area (Å²) in [7, 11) is 1.53. The lowest BCUT2D eigenvalue weighted by atomic mass is 9.87. The number of methoxy groups -OCH3 is 1. The second kappa shape index (κ2) is 11.2. The van der Waals surface area contributed by atoms with Crippen LogP contribution in [-0.4, -0.2) is 48.4 Å². The summed E-state index contributed by atoms with van der Waals surface area (Å²) in [5.74, 6) is 0.112. The average Bonchev–Trinajstić information content (AvgIpc) is 2.72. The fourth-order valence-corrected chi connectivity index (χ4v) is 3.37. The van der Waals surface area contributed by atoms with Crippen molar-refractivity contribution >= 4 is 11.8 Å².